The van der Waals surface area contributed by atoms with Gasteiger partial charge in [0.1, 0.15) is 23.0 Å². The maximum atomic E-state index is 13.3. The van der Waals surface area contributed by atoms with Crippen molar-refractivity contribution in [2.24, 2.45) is 0 Å². The molecule has 0 fully saturated rings. The molecule has 0 bridgehead atoms. The van der Waals surface area contributed by atoms with Gasteiger partial charge in [0.05, 0.1) is 17.0 Å². The van der Waals surface area contributed by atoms with E-state index in [-0.39, 0.29) is 16.8 Å². The molecule has 0 unspecified atom stereocenters. The van der Waals surface area contributed by atoms with Crippen LogP contribution in [0.3, 0.4) is 0 Å². The van der Waals surface area contributed by atoms with E-state index in [1.165, 1.54) is 10.6 Å². The summed E-state index contributed by atoms with van der Waals surface area (Å²) in [5.41, 5.74) is 0.258. The summed E-state index contributed by atoms with van der Waals surface area (Å²) < 4.78 is 46.4. The van der Waals surface area contributed by atoms with E-state index < -0.39 is 31.9 Å². The molecule has 0 saturated heterocycles. The minimum atomic E-state index is -4.25. The first-order valence-corrected chi connectivity index (χ1v) is 11.9. The Morgan fingerprint density at radius 3 is 2.35 bits per heavy atom. The molecule has 0 aliphatic carbocycles. The lowest BCUT2D eigenvalue weighted by molar-refractivity contribution is -0.116. The van der Waals surface area contributed by atoms with Gasteiger partial charge in [-0.2, -0.15) is 0 Å². The van der Waals surface area contributed by atoms with Gasteiger partial charge in [-0.3, -0.25) is 9.59 Å². The monoisotopic (exact) mass is 480 g/mol. The standard InChI is InChI=1S/C25H21FN2O5S/c1-2-33-19-11-9-18(10-12-19)27-24(29)16-28-15-23(25(30)21-5-3-4-6-22(21)28)34(31,32)20-13-7-17(26)8-14-20/h3-15H,2,16H2,1H3,(H,27,29). The number of anilines is 1. The van der Waals surface area contributed by atoms with Crippen LogP contribution in [0.4, 0.5) is 10.1 Å². The van der Waals surface area contributed by atoms with Crippen LogP contribution in [0.2, 0.25) is 0 Å². The van der Waals surface area contributed by atoms with Gasteiger partial charge in [-0.1, -0.05) is 12.1 Å². The van der Waals surface area contributed by atoms with Gasteiger partial charge in [-0.05, 0) is 67.6 Å². The third-order valence-electron chi connectivity index (χ3n) is 5.13. The molecule has 9 heteroatoms. The van der Waals surface area contributed by atoms with Crippen molar-refractivity contribution in [3.63, 3.8) is 0 Å². The summed E-state index contributed by atoms with van der Waals surface area (Å²) in [7, 11) is -4.25. The fourth-order valence-electron chi connectivity index (χ4n) is 3.54. The molecule has 0 aliphatic rings. The zero-order chi connectivity index (χ0) is 24.3. The van der Waals surface area contributed by atoms with E-state index in [2.05, 4.69) is 5.32 Å². The van der Waals surface area contributed by atoms with Crippen molar-refractivity contribution in [3.05, 3.63) is 95.0 Å². The minimum absolute atomic E-state index is 0.152. The topological polar surface area (TPSA) is 94.5 Å². The third-order valence-corrected chi connectivity index (χ3v) is 6.89. The lowest BCUT2D eigenvalue weighted by Crippen LogP contribution is -2.23. The molecule has 174 valence electrons. The lowest BCUT2D eigenvalue weighted by Gasteiger charge is -2.14. The molecule has 1 aromatic heterocycles. The van der Waals surface area contributed by atoms with Crippen molar-refractivity contribution in [3.8, 4) is 5.75 Å². The summed E-state index contributed by atoms with van der Waals surface area (Å²) >= 11 is 0. The summed E-state index contributed by atoms with van der Waals surface area (Å²) in [6, 6.07) is 17.5. The van der Waals surface area contributed by atoms with Gasteiger partial charge in [0.15, 0.2) is 0 Å². The van der Waals surface area contributed by atoms with Gasteiger partial charge in [0.2, 0.25) is 21.2 Å². The van der Waals surface area contributed by atoms with Crippen LogP contribution >= 0.6 is 0 Å². The average Bonchev–Trinajstić information content (AvgIpc) is 2.82. The Hall–Kier alpha value is -3.98. The van der Waals surface area contributed by atoms with E-state index in [4.69, 9.17) is 4.74 Å². The molecule has 7 nitrogen and oxygen atoms in total. The summed E-state index contributed by atoms with van der Waals surface area (Å²) in [5, 5.41) is 2.90. The Balaban J connectivity index is 1.71. The van der Waals surface area contributed by atoms with E-state index in [1.807, 2.05) is 6.92 Å². The minimum Gasteiger partial charge on any atom is -0.494 e. The number of amides is 1. The normalized spacial score (nSPS) is 11.4. The molecule has 4 rings (SSSR count). The lowest BCUT2D eigenvalue weighted by atomic mass is 10.2. The molecule has 4 aromatic rings. The largest absolute Gasteiger partial charge is 0.494 e. The van der Waals surface area contributed by atoms with Gasteiger partial charge in [0.25, 0.3) is 0 Å². The molecule has 1 amide bonds. The van der Waals surface area contributed by atoms with Crippen molar-refractivity contribution >= 4 is 32.3 Å². The molecule has 0 saturated carbocycles. The van der Waals surface area contributed by atoms with E-state index >= 15 is 0 Å². The highest BCUT2D eigenvalue weighted by molar-refractivity contribution is 7.91. The maximum Gasteiger partial charge on any atom is 0.244 e. The smallest absolute Gasteiger partial charge is 0.244 e. The highest BCUT2D eigenvalue weighted by Crippen LogP contribution is 2.22. The second-order valence-electron chi connectivity index (χ2n) is 7.43. The fourth-order valence-corrected chi connectivity index (χ4v) is 4.91. The van der Waals surface area contributed by atoms with Crippen LogP contribution in [0.15, 0.2) is 93.6 Å². The number of carbonyl (C=O) groups is 1. The van der Waals surface area contributed by atoms with Gasteiger partial charge in [-0.25, -0.2) is 12.8 Å². The van der Waals surface area contributed by atoms with Crippen molar-refractivity contribution in [2.45, 2.75) is 23.3 Å². The molecule has 1 heterocycles. The summed E-state index contributed by atoms with van der Waals surface area (Å²) in [5.74, 6) is -0.341. The van der Waals surface area contributed by atoms with Crippen molar-refractivity contribution in [1.29, 1.82) is 0 Å². The maximum absolute atomic E-state index is 13.3. The number of halogens is 1. The van der Waals surface area contributed by atoms with Crippen molar-refractivity contribution in [2.75, 3.05) is 11.9 Å². The van der Waals surface area contributed by atoms with E-state index in [0.29, 0.717) is 23.6 Å². The number of hydrogen-bond donors (Lipinski definition) is 1. The molecule has 0 spiro atoms. The Labute approximate surface area is 195 Å². The third kappa shape index (κ3) is 4.69. The zero-order valence-electron chi connectivity index (χ0n) is 18.2. The van der Waals surface area contributed by atoms with Crippen LogP contribution in [0.25, 0.3) is 10.9 Å². The number of sulfone groups is 1. The number of fused-ring (bicyclic) bond motifs is 1. The number of pyridine rings is 1. The number of aromatic nitrogens is 1. The summed E-state index contributed by atoms with van der Waals surface area (Å²) in [6.07, 6.45) is 1.15. The van der Waals surface area contributed by atoms with Crippen LogP contribution < -0.4 is 15.5 Å². The van der Waals surface area contributed by atoms with Crippen molar-refractivity contribution < 1.29 is 22.3 Å². The highest BCUT2D eigenvalue weighted by atomic mass is 32.2. The first kappa shape index (κ1) is 23.2. The molecular formula is C25H21FN2O5S. The van der Waals surface area contributed by atoms with Crippen LogP contribution in [-0.4, -0.2) is 25.5 Å². The number of para-hydroxylation sites is 1. The summed E-state index contributed by atoms with van der Waals surface area (Å²) in [6.45, 7) is 2.16. The van der Waals surface area contributed by atoms with Crippen molar-refractivity contribution in [1.82, 2.24) is 4.57 Å². The van der Waals surface area contributed by atoms with Crippen LogP contribution in [0.1, 0.15) is 6.92 Å². The predicted molar refractivity (Wildman–Crippen MR) is 126 cm³/mol. The molecule has 1 N–H and O–H groups in total. The quantitative estimate of drug-likeness (QED) is 0.404. The van der Waals surface area contributed by atoms with Gasteiger partial charge < -0.3 is 14.6 Å². The Kier molecular flexibility index (Phi) is 6.47. The zero-order valence-corrected chi connectivity index (χ0v) is 19.0. The Morgan fingerprint density at radius 1 is 1.00 bits per heavy atom. The predicted octanol–water partition coefficient (Wildman–Crippen LogP) is 4.01. The molecule has 0 aliphatic heterocycles. The summed E-state index contributed by atoms with van der Waals surface area (Å²) in [4.78, 5) is 25.1. The number of hydrogen-bond acceptors (Lipinski definition) is 5. The van der Waals surface area contributed by atoms with Crippen LogP contribution in [0.5, 0.6) is 5.75 Å². The molecule has 34 heavy (non-hydrogen) atoms. The fraction of sp³-hybridized carbons (Fsp3) is 0.120. The second-order valence-corrected chi connectivity index (χ2v) is 9.35. The molecule has 0 radical (unpaired) electrons. The number of nitrogens with one attached hydrogen (secondary N) is 1. The SMILES string of the molecule is CCOc1ccc(NC(=O)Cn2cc(S(=O)(=O)c3ccc(F)cc3)c(=O)c3ccccc32)cc1. The number of carbonyl (C=O) groups excluding carboxylic acids is 1. The number of nitrogens with zero attached hydrogens (tertiary/aromatic N) is 1. The Bertz CT molecular complexity index is 1510. The number of ether oxygens (including phenoxy) is 1. The Morgan fingerprint density at radius 2 is 1.68 bits per heavy atom. The number of rotatable bonds is 7. The average molecular weight is 481 g/mol. The second kappa shape index (κ2) is 9.48. The van der Waals surface area contributed by atoms with Gasteiger partial charge in [0, 0.05) is 17.3 Å². The molecular weight excluding hydrogens is 459 g/mol. The van der Waals surface area contributed by atoms with Crippen LogP contribution in [0, 0.1) is 5.82 Å². The highest BCUT2D eigenvalue weighted by Gasteiger charge is 2.24. The van der Waals surface area contributed by atoms with E-state index in [0.717, 1.165) is 30.5 Å². The molecule has 0 atom stereocenters. The van der Waals surface area contributed by atoms with Crippen LogP contribution in [-0.2, 0) is 21.2 Å². The van der Waals surface area contributed by atoms with E-state index in [9.17, 15) is 22.4 Å². The first-order valence-electron chi connectivity index (χ1n) is 10.4. The number of benzene rings is 3. The van der Waals surface area contributed by atoms with E-state index in [1.54, 1.807) is 42.5 Å². The molecule has 3 aromatic carbocycles. The van der Waals surface area contributed by atoms with Gasteiger partial charge >= 0.3 is 0 Å². The first-order chi connectivity index (χ1) is 16.3. The van der Waals surface area contributed by atoms with Gasteiger partial charge in [-0.15, -0.1) is 0 Å².